The fourth-order valence-corrected chi connectivity index (χ4v) is 3.32. The van der Waals surface area contributed by atoms with Gasteiger partial charge < -0.3 is 5.32 Å². The molecule has 0 atom stereocenters. The van der Waals surface area contributed by atoms with Gasteiger partial charge in [-0.1, -0.05) is 24.3 Å². The van der Waals surface area contributed by atoms with Crippen molar-refractivity contribution in [1.82, 2.24) is 9.78 Å². The first-order chi connectivity index (χ1) is 11.6. The molecule has 3 nitrogen and oxygen atoms in total. The third kappa shape index (κ3) is 2.48. The van der Waals surface area contributed by atoms with Crippen molar-refractivity contribution in [2.45, 2.75) is 26.7 Å². The fraction of sp³-hybridized carbons (Fsp3) is 0.250. The lowest BCUT2D eigenvalue weighted by Crippen LogP contribution is -2.07. The van der Waals surface area contributed by atoms with Gasteiger partial charge >= 0.3 is 0 Å². The van der Waals surface area contributed by atoms with E-state index >= 15 is 0 Å². The predicted octanol–water partition coefficient (Wildman–Crippen LogP) is 4.19. The van der Waals surface area contributed by atoms with Gasteiger partial charge in [-0.2, -0.15) is 5.10 Å². The summed E-state index contributed by atoms with van der Waals surface area (Å²) in [6, 6.07) is 13.0. The summed E-state index contributed by atoms with van der Waals surface area (Å²) in [7, 11) is 0. The smallest absolute Gasteiger partial charge is 0.133 e. The minimum atomic E-state index is -0.202. The Morgan fingerprint density at radius 1 is 1.12 bits per heavy atom. The standard InChI is InChI=1S/C20H20FN3/c1-13-4-3-5-19(14(13)2)24-20-17(10-11-22-20)18(23-24)12-15-6-8-16(21)9-7-15/h3-9,22H,10-12H2,1-2H3. The van der Waals surface area contributed by atoms with Crippen LogP contribution < -0.4 is 5.32 Å². The third-order valence-electron chi connectivity index (χ3n) is 4.82. The highest BCUT2D eigenvalue weighted by Gasteiger charge is 2.23. The quantitative estimate of drug-likeness (QED) is 0.784. The molecule has 1 N–H and O–H groups in total. The van der Waals surface area contributed by atoms with Crippen molar-refractivity contribution in [2.75, 3.05) is 11.9 Å². The zero-order chi connectivity index (χ0) is 16.7. The van der Waals surface area contributed by atoms with Crippen molar-refractivity contribution in [3.05, 3.63) is 76.2 Å². The predicted molar refractivity (Wildman–Crippen MR) is 94.4 cm³/mol. The average molecular weight is 321 g/mol. The molecule has 4 heteroatoms. The lowest BCUT2D eigenvalue weighted by Gasteiger charge is -2.11. The molecule has 0 amide bonds. The maximum atomic E-state index is 13.1. The molecule has 0 bridgehead atoms. The second-order valence-corrected chi connectivity index (χ2v) is 6.38. The van der Waals surface area contributed by atoms with Gasteiger partial charge in [-0.3, -0.25) is 0 Å². The van der Waals surface area contributed by atoms with E-state index in [1.807, 2.05) is 16.8 Å². The molecular weight excluding hydrogens is 301 g/mol. The van der Waals surface area contributed by atoms with Crippen molar-refractivity contribution in [2.24, 2.45) is 0 Å². The van der Waals surface area contributed by atoms with Gasteiger partial charge in [0.1, 0.15) is 11.6 Å². The topological polar surface area (TPSA) is 29.9 Å². The number of nitrogens with one attached hydrogen (secondary N) is 1. The lowest BCUT2D eigenvalue weighted by atomic mass is 10.1. The molecule has 0 radical (unpaired) electrons. The molecule has 3 aromatic rings. The number of rotatable bonds is 3. The molecule has 2 heterocycles. The zero-order valence-electron chi connectivity index (χ0n) is 13.9. The van der Waals surface area contributed by atoms with E-state index in [0.29, 0.717) is 0 Å². The van der Waals surface area contributed by atoms with E-state index in [1.165, 1.54) is 28.8 Å². The maximum Gasteiger partial charge on any atom is 0.133 e. The van der Waals surface area contributed by atoms with Crippen LogP contribution in [0.5, 0.6) is 0 Å². The molecular formula is C20H20FN3. The number of anilines is 1. The Bertz CT molecular complexity index is 894. The van der Waals surface area contributed by atoms with Crippen LogP contribution in [0.1, 0.15) is 27.9 Å². The highest BCUT2D eigenvalue weighted by molar-refractivity contribution is 5.59. The second-order valence-electron chi connectivity index (χ2n) is 6.38. The first-order valence-electron chi connectivity index (χ1n) is 8.29. The van der Waals surface area contributed by atoms with E-state index in [2.05, 4.69) is 37.4 Å². The molecule has 1 aromatic heterocycles. The first kappa shape index (κ1) is 14.9. The summed E-state index contributed by atoms with van der Waals surface area (Å²) in [6.45, 7) is 5.19. The Morgan fingerprint density at radius 3 is 2.71 bits per heavy atom. The van der Waals surface area contributed by atoms with Crippen LogP contribution in [-0.4, -0.2) is 16.3 Å². The molecule has 0 saturated carbocycles. The van der Waals surface area contributed by atoms with Crippen LogP contribution in [-0.2, 0) is 12.8 Å². The molecule has 4 rings (SSSR count). The van der Waals surface area contributed by atoms with E-state index in [9.17, 15) is 4.39 Å². The monoisotopic (exact) mass is 321 g/mol. The molecule has 1 aliphatic rings. The van der Waals surface area contributed by atoms with Crippen LogP contribution >= 0.6 is 0 Å². The van der Waals surface area contributed by atoms with E-state index in [0.717, 1.165) is 42.1 Å². The number of aromatic nitrogens is 2. The summed E-state index contributed by atoms with van der Waals surface area (Å²) in [4.78, 5) is 0. The van der Waals surface area contributed by atoms with E-state index in [4.69, 9.17) is 5.10 Å². The van der Waals surface area contributed by atoms with E-state index in [1.54, 1.807) is 0 Å². The molecule has 0 aliphatic carbocycles. The summed E-state index contributed by atoms with van der Waals surface area (Å²) in [5.74, 6) is 0.896. The van der Waals surface area contributed by atoms with Gasteiger partial charge in [0.25, 0.3) is 0 Å². The summed E-state index contributed by atoms with van der Waals surface area (Å²) >= 11 is 0. The third-order valence-corrected chi connectivity index (χ3v) is 4.82. The molecule has 122 valence electrons. The van der Waals surface area contributed by atoms with Crippen LogP contribution in [0.15, 0.2) is 42.5 Å². The Morgan fingerprint density at radius 2 is 1.92 bits per heavy atom. The Hall–Kier alpha value is -2.62. The largest absolute Gasteiger partial charge is 0.369 e. The average Bonchev–Trinajstić information content (AvgIpc) is 3.16. The Balaban J connectivity index is 1.77. The van der Waals surface area contributed by atoms with Crippen molar-refractivity contribution < 1.29 is 4.39 Å². The second kappa shape index (κ2) is 5.78. The maximum absolute atomic E-state index is 13.1. The van der Waals surface area contributed by atoms with Crippen molar-refractivity contribution in [1.29, 1.82) is 0 Å². The highest BCUT2D eigenvalue weighted by Crippen LogP contribution is 2.31. The van der Waals surface area contributed by atoms with Crippen molar-refractivity contribution >= 4 is 5.82 Å². The van der Waals surface area contributed by atoms with Gasteiger partial charge in [-0.25, -0.2) is 9.07 Å². The van der Waals surface area contributed by atoms with Gasteiger partial charge in [0.15, 0.2) is 0 Å². The minimum absolute atomic E-state index is 0.202. The summed E-state index contributed by atoms with van der Waals surface area (Å²) < 4.78 is 15.2. The van der Waals surface area contributed by atoms with Gasteiger partial charge in [-0.05, 0) is 55.2 Å². The van der Waals surface area contributed by atoms with Gasteiger partial charge in [-0.15, -0.1) is 0 Å². The van der Waals surface area contributed by atoms with Gasteiger partial charge in [0, 0.05) is 18.5 Å². The summed E-state index contributed by atoms with van der Waals surface area (Å²) in [5, 5.41) is 8.35. The van der Waals surface area contributed by atoms with Crippen LogP contribution in [0.3, 0.4) is 0 Å². The van der Waals surface area contributed by atoms with Gasteiger partial charge in [0.2, 0.25) is 0 Å². The Kier molecular flexibility index (Phi) is 3.60. The van der Waals surface area contributed by atoms with Crippen LogP contribution in [0.4, 0.5) is 10.2 Å². The number of aryl methyl sites for hydroxylation is 1. The first-order valence-corrected chi connectivity index (χ1v) is 8.29. The SMILES string of the molecule is Cc1cccc(-n2nc(Cc3ccc(F)cc3)c3c2NCC3)c1C. The molecule has 2 aromatic carbocycles. The summed E-state index contributed by atoms with van der Waals surface area (Å²) in [6.07, 6.45) is 1.71. The molecule has 0 saturated heterocycles. The van der Waals surface area contributed by atoms with E-state index < -0.39 is 0 Å². The molecule has 24 heavy (non-hydrogen) atoms. The molecule has 0 fully saturated rings. The van der Waals surface area contributed by atoms with Crippen LogP contribution in [0, 0.1) is 19.7 Å². The summed E-state index contributed by atoms with van der Waals surface area (Å²) in [5.41, 5.74) is 7.05. The lowest BCUT2D eigenvalue weighted by molar-refractivity contribution is 0.627. The van der Waals surface area contributed by atoms with Crippen LogP contribution in [0.25, 0.3) is 5.69 Å². The number of fused-ring (bicyclic) bond motifs is 1. The number of hydrogen-bond acceptors (Lipinski definition) is 2. The Labute approximate surface area is 141 Å². The molecule has 0 unspecified atom stereocenters. The normalized spacial score (nSPS) is 13.0. The minimum Gasteiger partial charge on any atom is -0.369 e. The highest BCUT2D eigenvalue weighted by atomic mass is 19.1. The van der Waals surface area contributed by atoms with Crippen molar-refractivity contribution in [3.8, 4) is 5.69 Å². The molecule has 1 aliphatic heterocycles. The zero-order valence-corrected chi connectivity index (χ0v) is 13.9. The number of nitrogens with zero attached hydrogens (tertiary/aromatic N) is 2. The fourth-order valence-electron chi connectivity index (χ4n) is 3.32. The van der Waals surface area contributed by atoms with Gasteiger partial charge in [0.05, 0.1) is 11.4 Å². The van der Waals surface area contributed by atoms with Crippen LogP contribution in [0.2, 0.25) is 0 Å². The number of benzene rings is 2. The molecule has 0 spiro atoms. The number of hydrogen-bond donors (Lipinski definition) is 1. The van der Waals surface area contributed by atoms with Crippen molar-refractivity contribution in [3.63, 3.8) is 0 Å². The van der Waals surface area contributed by atoms with E-state index in [-0.39, 0.29) is 5.82 Å². The number of halogens is 1.